The molecule has 86 valence electrons. The van der Waals surface area contributed by atoms with E-state index in [9.17, 15) is 4.79 Å². The smallest absolute Gasteiger partial charge is 0.256 e. The summed E-state index contributed by atoms with van der Waals surface area (Å²) in [6.07, 6.45) is 1.03. The van der Waals surface area contributed by atoms with Crippen molar-refractivity contribution in [1.82, 2.24) is 10.2 Å². The van der Waals surface area contributed by atoms with Gasteiger partial charge in [0.15, 0.2) is 0 Å². The highest BCUT2D eigenvalue weighted by atomic mass is 32.1. The Balaban J connectivity index is 2.08. The lowest BCUT2D eigenvalue weighted by Crippen LogP contribution is -2.42. The summed E-state index contributed by atoms with van der Waals surface area (Å²) >= 11 is 1.74. The third-order valence-electron chi connectivity index (χ3n) is 3.17. The minimum Gasteiger partial charge on any atom is -0.357 e. The molecule has 1 atom stereocenters. The van der Waals surface area contributed by atoms with Gasteiger partial charge < -0.3 is 15.5 Å². The van der Waals surface area contributed by atoms with Gasteiger partial charge in [-0.2, -0.15) is 0 Å². The number of nitrogens with one attached hydrogen (secondary N) is 2. The van der Waals surface area contributed by atoms with E-state index in [0.29, 0.717) is 0 Å². The number of carbonyl (C=O) groups excluding carboxylic acids is 1. The van der Waals surface area contributed by atoms with E-state index in [-0.39, 0.29) is 12.1 Å². The molecule has 0 radical (unpaired) electrons. The number of rotatable bonds is 0. The normalized spacial score (nSPS) is 24.4. The molecule has 16 heavy (non-hydrogen) atoms. The van der Waals surface area contributed by atoms with Crippen molar-refractivity contribution < 1.29 is 4.79 Å². The van der Waals surface area contributed by atoms with Crippen LogP contribution in [0.2, 0.25) is 0 Å². The number of fused-ring (bicyclic) bond motifs is 3. The van der Waals surface area contributed by atoms with Gasteiger partial charge in [0.2, 0.25) is 0 Å². The van der Waals surface area contributed by atoms with E-state index in [4.69, 9.17) is 0 Å². The Bertz CT molecular complexity index is 454. The van der Waals surface area contributed by atoms with Gasteiger partial charge in [-0.15, -0.1) is 11.3 Å². The van der Waals surface area contributed by atoms with Crippen LogP contribution in [0.3, 0.4) is 0 Å². The second kappa shape index (κ2) is 3.46. The summed E-state index contributed by atoms with van der Waals surface area (Å²) in [6.45, 7) is 3.97. The first-order valence-corrected chi connectivity index (χ1v) is 6.37. The zero-order chi connectivity index (χ0) is 11.3. The van der Waals surface area contributed by atoms with Crippen LogP contribution in [0.4, 0.5) is 5.00 Å². The van der Waals surface area contributed by atoms with Crippen LogP contribution in [-0.2, 0) is 13.0 Å². The van der Waals surface area contributed by atoms with E-state index in [2.05, 4.69) is 22.6 Å². The fraction of sp³-hybridized carbons (Fsp3) is 0.545. The predicted molar refractivity (Wildman–Crippen MR) is 64.9 cm³/mol. The summed E-state index contributed by atoms with van der Waals surface area (Å²) in [5, 5.41) is 7.31. The molecule has 0 aromatic carbocycles. The summed E-state index contributed by atoms with van der Waals surface area (Å²) in [7, 11) is 2.12. The molecule has 0 bridgehead atoms. The average molecular weight is 237 g/mol. The van der Waals surface area contributed by atoms with Crippen molar-refractivity contribution in [3.8, 4) is 0 Å². The summed E-state index contributed by atoms with van der Waals surface area (Å²) in [5.74, 6) is 0.0864. The summed E-state index contributed by atoms with van der Waals surface area (Å²) < 4.78 is 0. The molecule has 2 aliphatic rings. The monoisotopic (exact) mass is 237 g/mol. The second-order valence-corrected chi connectivity index (χ2v) is 5.64. The van der Waals surface area contributed by atoms with Crippen molar-refractivity contribution in [2.45, 2.75) is 26.1 Å². The molecule has 0 saturated heterocycles. The van der Waals surface area contributed by atoms with Gasteiger partial charge in [0.25, 0.3) is 5.91 Å². The van der Waals surface area contributed by atoms with Crippen molar-refractivity contribution in [2.24, 2.45) is 0 Å². The molecule has 4 nitrogen and oxygen atoms in total. The zero-order valence-corrected chi connectivity index (χ0v) is 10.3. The van der Waals surface area contributed by atoms with Gasteiger partial charge in [0.1, 0.15) is 5.00 Å². The first-order chi connectivity index (χ1) is 7.65. The molecule has 2 aliphatic heterocycles. The standard InChI is InChI=1S/C11H15N3OS/c1-6-12-10(15)9-7-3-4-14(2)5-8(7)16-11(9)13-6/h6,13H,3-5H2,1-2H3,(H,12,15). The molecule has 1 aromatic rings. The molecule has 1 aromatic heterocycles. The SMILES string of the molecule is CC1NC(=O)c2c(sc3c2CCN(C)C3)N1. The Hall–Kier alpha value is -1.07. The molecule has 1 unspecified atom stereocenters. The van der Waals surface area contributed by atoms with E-state index >= 15 is 0 Å². The maximum atomic E-state index is 12.0. The average Bonchev–Trinajstić information content (AvgIpc) is 2.54. The Morgan fingerprint density at radius 2 is 2.25 bits per heavy atom. The molecular weight excluding hydrogens is 222 g/mol. The van der Waals surface area contributed by atoms with Gasteiger partial charge in [0.05, 0.1) is 11.7 Å². The molecule has 5 heteroatoms. The predicted octanol–water partition coefficient (Wildman–Crippen LogP) is 1.24. The van der Waals surface area contributed by atoms with Crippen LogP contribution in [0.25, 0.3) is 0 Å². The number of carbonyl (C=O) groups is 1. The first-order valence-electron chi connectivity index (χ1n) is 5.55. The number of amides is 1. The number of thiophene rings is 1. The minimum absolute atomic E-state index is 0.0397. The second-order valence-electron chi connectivity index (χ2n) is 4.54. The van der Waals surface area contributed by atoms with Crippen LogP contribution in [0.15, 0.2) is 0 Å². The molecule has 1 amide bonds. The maximum absolute atomic E-state index is 12.0. The quantitative estimate of drug-likeness (QED) is 0.713. The van der Waals surface area contributed by atoms with E-state index in [1.807, 2.05) is 6.92 Å². The summed E-state index contributed by atoms with van der Waals surface area (Å²) in [6, 6.07) is 0. The van der Waals surface area contributed by atoms with Gasteiger partial charge >= 0.3 is 0 Å². The van der Waals surface area contributed by atoms with Crippen LogP contribution in [0.1, 0.15) is 27.7 Å². The molecule has 0 saturated carbocycles. The Morgan fingerprint density at radius 1 is 1.44 bits per heavy atom. The van der Waals surface area contributed by atoms with Gasteiger partial charge in [0, 0.05) is 18.0 Å². The highest BCUT2D eigenvalue weighted by molar-refractivity contribution is 7.16. The van der Waals surface area contributed by atoms with Gasteiger partial charge in [-0.25, -0.2) is 0 Å². The fourth-order valence-electron chi connectivity index (χ4n) is 2.37. The van der Waals surface area contributed by atoms with E-state index in [1.54, 1.807) is 11.3 Å². The molecular formula is C11H15N3OS. The first kappa shape index (κ1) is 10.1. The largest absolute Gasteiger partial charge is 0.357 e. The van der Waals surface area contributed by atoms with Crippen LogP contribution >= 0.6 is 11.3 Å². The summed E-state index contributed by atoms with van der Waals surface area (Å²) in [5.41, 5.74) is 2.15. The third-order valence-corrected chi connectivity index (χ3v) is 4.32. The molecule has 3 rings (SSSR count). The zero-order valence-electron chi connectivity index (χ0n) is 9.46. The Morgan fingerprint density at radius 3 is 3.06 bits per heavy atom. The fourth-order valence-corrected chi connectivity index (χ4v) is 3.79. The highest BCUT2D eigenvalue weighted by Gasteiger charge is 2.30. The van der Waals surface area contributed by atoms with Crippen molar-refractivity contribution in [3.05, 3.63) is 16.0 Å². The Labute approximate surface area is 98.6 Å². The van der Waals surface area contributed by atoms with E-state index < -0.39 is 0 Å². The van der Waals surface area contributed by atoms with Gasteiger partial charge in [-0.3, -0.25) is 4.79 Å². The number of anilines is 1. The maximum Gasteiger partial charge on any atom is 0.256 e. The van der Waals surface area contributed by atoms with Crippen LogP contribution in [-0.4, -0.2) is 30.6 Å². The molecule has 3 heterocycles. The number of likely N-dealkylation sites (N-methyl/N-ethyl adjacent to an activating group) is 1. The molecule has 2 N–H and O–H groups in total. The Kier molecular flexibility index (Phi) is 2.19. The highest BCUT2D eigenvalue weighted by Crippen LogP contribution is 2.38. The van der Waals surface area contributed by atoms with Crippen molar-refractivity contribution in [3.63, 3.8) is 0 Å². The third kappa shape index (κ3) is 1.43. The minimum atomic E-state index is 0.0397. The van der Waals surface area contributed by atoms with Gasteiger partial charge in [-0.05, 0) is 26.0 Å². The van der Waals surface area contributed by atoms with Crippen molar-refractivity contribution in [1.29, 1.82) is 0 Å². The lowest BCUT2D eigenvalue weighted by molar-refractivity contribution is 0.0938. The topological polar surface area (TPSA) is 44.4 Å². The van der Waals surface area contributed by atoms with Gasteiger partial charge in [-0.1, -0.05) is 0 Å². The number of nitrogens with zero attached hydrogens (tertiary/aromatic N) is 1. The number of hydrogen-bond donors (Lipinski definition) is 2. The molecule has 0 spiro atoms. The summed E-state index contributed by atoms with van der Waals surface area (Å²) in [4.78, 5) is 15.6. The lowest BCUT2D eigenvalue weighted by Gasteiger charge is -2.24. The van der Waals surface area contributed by atoms with Crippen LogP contribution < -0.4 is 10.6 Å². The van der Waals surface area contributed by atoms with Crippen LogP contribution in [0, 0.1) is 0 Å². The molecule has 0 aliphatic carbocycles. The van der Waals surface area contributed by atoms with E-state index in [1.165, 1.54) is 10.4 Å². The van der Waals surface area contributed by atoms with E-state index in [0.717, 1.165) is 30.1 Å². The van der Waals surface area contributed by atoms with Crippen molar-refractivity contribution >= 4 is 22.2 Å². The molecule has 0 fully saturated rings. The van der Waals surface area contributed by atoms with Crippen LogP contribution in [0.5, 0.6) is 0 Å². The van der Waals surface area contributed by atoms with Crippen molar-refractivity contribution in [2.75, 3.05) is 18.9 Å². The number of hydrogen-bond acceptors (Lipinski definition) is 4. The lowest BCUT2D eigenvalue weighted by atomic mass is 10.0.